The van der Waals surface area contributed by atoms with Crippen LogP contribution in [0.1, 0.15) is 24.6 Å². The second kappa shape index (κ2) is 8.12. The van der Waals surface area contributed by atoms with E-state index >= 15 is 0 Å². The Labute approximate surface area is 135 Å². The number of hydrogen-bond donors (Lipinski definition) is 1. The van der Waals surface area contributed by atoms with Crippen LogP contribution < -0.4 is 5.32 Å². The van der Waals surface area contributed by atoms with E-state index in [0.29, 0.717) is 11.4 Å². The number of aromatic nitrogens is 2. The highest BCUT2D eigenvalue weighted by Gasteiger charge is 2.16. The molecule has 1 aromatic heterocycles. The third-order valence-electron chi connectivity index (χ3n) is 3.77. The molecular formula is C16H23F2N5. The molecule has 0 radical (unpaired) electrons. The molecule has 1 aromatic rings. The fourth-order valence-corrected chi connectivity index (χ4v) is 2.38. The van der Waals surface area contributed by atoms with Crippen LogP contribution in [0.5, 0.6) is 0 Å². The van der Waals surface area contributed by atoms with Crippen molar-refractivity contribution in [1.82, 2.24) is 20.0 Å². The van der Waals surface area contributed by atoms with E-state index in [1.807, 2.05) is 0 Å². The van der Waals surface area contributed by atoms with Crippen molar-refractivity contribution in [3.63, 3.8) is 0 Å². The maximum Gasteiger partial charge on any atom is 0.282 e. The number of hydrogen-bond acceptors (Lipinski definition) is 4. The molecule has 2 heterocycles. The minimum absolute atomic E-state index is 0.201. The number of nitrogens with one attached hydrogen (secondary N) is 1. The highest BCUT2D eigenvalue weighted by Crippen LogP contribution is 2.20. The van der Waals surface area contributed by atoms with E-state index in [0.717, 1.165) is 38.3 Å². The van der Waals surface area contributed by atoms with Crippen LogP contribution in [0.25, 0.3) is 0 Å². The molecule has 0 aliphatic carbocycles. The quantitative estimate of drug-likeness (QED) is 0.514. The fourth-order valence-electron chi connectivity index (χ4n) is 2.38. The van der Waals surface area contributed by atoms with Crippen molar-refractivity contribution in [1.29, 1.82) is 0 Å². The number of alkyl halides is 2. The molecule has 5 nitrogen and oxygen atoms in total. The summed E-state index contributed by atoms with van der Waals surface area (Å²) in [7, 11) is 0. The highest BCUT2D eigenvalue weighted by molar-refractivity contribution is 5.81. The van der Waals surface area contributed by atoms with Gasteiger partial charge in [-0.25, -0.2) is 18.5 Å². The summed E-state index contributed by atoms with van der Waals surface area (Å²) in [6.07, 6.45) is 2.50. The molecular weight excluding hydrogens is 300 g/mol. The average molecular weight is 323 g/mol. The smallest absolute Gasteiger partial charge is 0.282 e. The normalized spacial score (nSPS) is 17.8. The minimum atomic E-state index is -2.57. The van der Waals surface area contributed by atoms with Gasteiger partial charge >= 0.3 is 0 Å². The fraction of sp³-hybridized carbons (Fsp3) is 0.500. The number of piperazine rings is 1. The van der Waals surface area contributed by atoms with Gasteiger partial charge in [0.1, 0.15) is 11.5 Å². The van der Waals surface area contributed by atoms with Crippen molar-refractivity contribution >= 4 is 5.84 Å². The lowest BCUT2D eigenvalue weighted by atomic mass is 10.2. The maximum absolute atomic E-state index is 12.8. The summed E-state index contributed by atoms with van der Waals surface area (Å²) in [5.74, 6) is 0.541. The summed E-state index contributed by atoms with van der Waals surface area (Å²) >= 11 is 0. The monoisotopic (exact) mass is 323 g/mol. The van der Waals surface area contributed by atoms with Crippen LogP contribution >= 0.6 is 0 Å². The first-order chi connectivity index (χ1) is 11.0. The molecule has 1 N–H and O–H groups in total. The molecule has 0 spiro atoms. The Balaban J connectivity index is 2.08. The predicted octanol–water partition coefficient (Wildman–Crippen LogP) is 2.37. The molecule has 1 saturated heterocycles. The Bertz CT molecular complexity index is 598. The van der Waals surface area contributed by atoms with Crippen molar-refractivity contribution in [3.8, 4) is 0 Å². The summed E-state index contributed by atoms with van der Waals surface area (Å²) in [6, 6.07) is 0. The molecule has 0 bridgehead atoms. The van der Waals surface area contributed by atoms with Crippen LogP contribution in [0, 0.1) is 6.92 Å². The van der Waals surface area contributed by atoms with Crippen LogP contribution in [0.4, 0.5) is 8.78 Å². The van der Waals surface area contributed by atoms with Crippen LogP contribution in [-0.4, -0.2) is 53.2 Å². The lowest BCUT2D eigenvalue weighted by molar-refractivity contribution is 0.145. The van der Waals surface area contributed by atoms with Gasteiger partial charge in [-0.15, -0.1) is 0 Å². The first kappa shape index (κ1) is 17.5. The predicted molar refractivity (Wildman–Crippen MR) is 88.0 cm³/mol. The second-order valence-corrected chi connectivity index (χ2v) is 5.55. The van der Waals surface area contributed by atoms with Gasteiger partial charge in [-0.2, -0.15) is 5.10 Å². The van der Waals surface area contributed by atoms with Crippen LogP contribution in [0.3, 0.4) is 0 Å². The Morgan fingerprint density at radius 1 is 1.48 bits per heavy atom. The highest BCUT2D eigenvalue weighted by atomic mass is 19.3. The number of halogens is 2. The molecule has 7 heteroatoms. The van der Waals surface area contributed by atoms with Gasteiger partial charge in [-0.1, -0.05) is 12.7 Å². The molecule has 0 amide bonds. The molecule has 0 aromatic carbocycles. The van der Waals surface area contributed by atoms with Gasteiger partial charge in [-0.3, -0.25) is 4.90 Å². The van der Waals surface area contributed by atoms with E-state index in [2.05, 4.69) is 26.9 Å². The lowest BCUT2D eigenvalue weighted by Crippen LogP contribution is -2.44. The largest absolute Gasteiger partial charge is 0.314 e. The number of aryl methyl sites for hydroxylation is 1. The van der Waals surface area contributed by atoms with Crippen LogP contribution in [0.2, 0.25) is 0 Å². The van der Waals surface area contributed by atoms with Gasteiger partial charge in [0.25, 0.3) is 6.43 Å². The number of rotatable bonds is 5. The molecule has 1 fully saturated rings. The lowest BCUT2D eigenvalue weighted by Gasteiger charge is -2.27. The topological polar surface area (TPSA) is 45.5 Å². The zero-order valence-corrected chi connectivity index (χ0v) is 13.6. The van der Waals surface area contributed by atoms with Gasteiger partial charge < -0.3 is 5.32 Å². The van der Waals surface area contributed by atoms with E-state index in [4.69, 9.17) is 0 Å². The van der Waals surface area contributed by atoms with Gasteiger partial charge in [0.2, 0.25) is 0 Å². The Kier molecular flexibility index (Phi) is 6.18. The van der Waals surface area contributed by atoms with E-state index in [1.54, 1.807) is 32.3 Å². The standard InChI is InChI=1S/C16H23F2N5/c1-4-14(11-22-7-5-19-6-8-22)9-20-13(3)23-10-12(2)15(21-23)16(17)18/h4,9-10,16,19H,1,5-8,11H2,2-3H3/b14-9+,20-13+. The number of nitrogens with zero attached hydrogens (tertiary/aromatic N) is 4. The minimum Gasteiger partial charge on any atom is -0.314 e. The molecule has 0 saturated carbocycles. The van der Waals surface area contributed by atoms with Crippen LogP contribution in [0.15, 0.2) is 35.6 Å². The molecule has 0 unspecified atom stereocenters. The average Bonchev–Trinajstić information content (AvgIpc) is 2.94. The molecule has 126 valence electrons. The zero-order chi connectivity index (χ0) is 16.8. The zero-order valence-electron chi connectivity index (χ0n) is 13.6. The van der Waals surface area contributed by atoms with E-state index in [9.17, 15) is 8.78 Å². The molecule has 1 aliphatic heterocycles. The van der Waals surface area contributed by atoms with Crippen molar-refractivity contribution < 1.29 is 8.78 Å². The van der Waals surface area contributed by atoms with Gasteiger partial charge in [-0.05, 0) is 25.0 Å². The Hall–Kier alpha value is -1.86. The molecule has 2 rings (SSSR count). The SMILES string of the molecule is C=C/C(=C\N=C(/C)n1cc(C)c(C(F)F)n1)CN1CCNCC1. The van der Waals surface area contributed by atoms with E-state index < -0.39 is 6.43 Å². The van der Waals surface area contributed by atoms with Gasteiger partial charge in [0.05, 0.1) is 0 Å². The van der Waals surface area contributed by atoms with E-state index in [-0.39, 0.29) is 5.69 Å². The maximum atomic E-state index is 12.8. The third kappa shape index (κ3) is 4.80. The van der Waals surface area contributed by atoms with Crippen molar-refractivity contribution in [2.24, 2.45) is 4.99 Å². The van der Waals surface area contributed by atoms with Gasteiger partial charge in [0.15, 0.2) is 0 Å². The summed E-state index contributed by atoms with van der Waals surface area (Å²) in [4.78, 5) is 6.66. The Morgan fingerprint density at radius 3 is 2.74 bits per heavy atom. The van der Waals surface area contributed by atoms with Crippen LogP contribution in [-0.2, 0) is 0 Å². The summed E-state index contributed by atoms with van der Waals surface area (Å²) in [6.45, 7) is 11.9. The Morgan fingerprint density at radius 2 is 2.17 bits per heavy atom. The number of aliphatic imine (C=N–C) groups is 1. The first-order valence-electron chi connectivity index (χ1n) is 7.65. The summed E-state index contributed by atoms with van der Waals surface area (Å²) in [5, 5.41) is 7.20. The van der Waals surface area contributed by atoms with E-state index in [1.165, 1.54) is 4.68 Å². The van der Waals surface area contributed by atoms with Gasteiger partial charge in [0, 0.05) is 45.1 Å². The van der Waals surface area contributed by atoms with Crippen molar-refractivity contribution in [2.75, 3.05) is 32.7 Å². The molecule has 1 aliphatic rings. The van der Waals surface area contributed by atoms with Crippen molar-refractivity contribution in [2.45, 2.75) is 20.3 Å². The molecule has 0 atom stereocenters. The summed E-state index contributed by atoms with van der Waals surface area (Å²) < 4.78 is 27.0. The third-order valence-corrected chi connectivity index (χ3v) is 3.77. The first-order valence-corrected chi connectivity index (χ1v) is 7.65. The molecule has 23 heavy (non-hydrogen) atoms. The van der Waals surface area contributed by atoms with Crippen molar-refractivity contribution in [3.05, 3.63) is 41.9 Å². The summed E-state index contributed by atoms with van der Waals surface area (Å²) in [5.41, 5.74) is 1.25. The second-order valence-electron chi connectivity index (χ2n) is 5.55.